The zero-order chi connectivity index (χ0) is 15.7. The number of sulfonamides is 1. The third-order valence-corrected chi connectivity index (χ3v) is 6.07. The average molecular weight is 310 g/mol. The largest absolute Gasteiger partial charge is 0.296 e. The van der Waals surface area contributed by atoms with E-state index in [4.69, 9.17) is 0 Å². The molecular weight excluding hydrogens is 284 g/mol. The van der Waals surface area contributed by atoms with E-state index in [-0.39, 0.29) is 5.54 Å². The summed E-state index contributed by atoms with van der Waals surface area (Å²) in [4.78, 5) is 2.74. The Kier molecular flexibility index (Phi) is 4.76. The Morgan fingerprint density at radius 1 is 1.00 bits per heavy atom. The van der Waals surface area contributed by atoms with Crippen molar-refractivity contribution in [1.82, 2.24) is 9.21 Å². The van der Waals surface area contributed by atoms with Gasteiger partial charge in [-0.3, -0.25) is 4.90 Å². The molecule has 118 valence electrons. The Morgan fingerprint density at radius 2 is 1.52 bits per heavy atom. The van der Waals surface area contributed by atoms with E-state index in [9.17, 15) is 8.42 Å². The van der Waals surface area contributed by atoms with E-state index in [0.29, 0.717) is 18.0 Å². The maximum absolute atomic E-state index is 12.7. The molecule has 0 spiro atoms. The predicted octanol–water partition coefficient (Wildman–Crippen LogP) is 2.35. The topological polar surface area (TPSA) is 40.6 Å². The van der Waals surface area contributed by atoms with Gasteiger partial charge in [0.05, 0.1) is 4.90 Å². The van der Waals surface area contributed by atoms with Crippen LogP contribution in [0.3, 0.4) is 0 Å². The Labute approximate surface area is 128 Å². The molecule has 0 N–H and O–H groups in total. The highest BCUT2D eigenvalue weighted by Gasteiger charge is 2.31. The van der Waals surface area contributed by atoms with Crippen molar-refractivity contribution in [3.05, 3.63) is 29.8 Å². The fraction of sp³-hybridized carbons (Fsp3) is 0.625. The van der Waals surface area contributed by atoms with Crippen LogP contribution in [0.5, 0.6) is 0 Å². The second-order valence-corrected chi connectivity index (χ2v) is 8.50. The Bertz CT molecular complexity index is 565. The summed E-state index contributed by atoms with van der Waals surface area (Å²) >= 11 is 0. The lowest BCUT2D eigenvalue weighted by atomic mass is 10.1. The molecule has 4 nitrogen and oxygen atoms in total. The second kappa shape index (κ2) is 6.07. The standard InChI is InChI=1S/C16H26N2O2S/c1-5-14-6-8-15(9-7-14)21(19,20)18-12-10-17(11-13-18)16(2,3)4/h6-9H,5,10-13H2,1-4H3. The van der Waals surface area contributed by atoms with Gasteiger partial charge < -0.3 is 0 Å². The van der Waals surface area contributed by atoms with Gasteiger partial charge in [0.25, 0.3) is 0 Å². The van der Waals surface area contributed by atoms with Crippen molar-refractivity contribution >= 4 is 10.0 Å². The van der Waals surface area contributed by atoms with Gasteiger partial charge >= 0.3 is 0 Å². The number of hydrogen-bond acceptors (Lipinski definition) is 3. The van der Waals surface area contributed by atoms with Crippen molar-refractivity contribution in [2.75, 3.05) is 26.2 Å². The Morgan fingerprint density at radius 3 is 1.95 bits per heavy atom. The summed E-state index contributed by atoms with van der Waals surface area (Å²) in [5, 5.41) is 0. The van der Waals surface area contributed by atoms with Crippen LogP contribution >= 0.6 is 0 Å². The van der Waals surface area contributed by atoms with Crippen LogP contribution in [0.4, 0.5) is 0 Å². The molecule has 21 heavy (non-hydrogen) atoms. The highest BCUT2D eigenvalue weighted by atomic mass is 32.2. The van der Waals surface area contributed by atoms with Crippen molar-refractivity contribution in [1.29, 1.82) is 0 Å². The van der Waals surface area contributed by atoms with Gasteiger partial charge in [-0.05, 0) is 44.9 Å². The molecule has 1 aliphatic rings. The number of nitrogens with zero attached hydrogens (tertiary/aromatic N) is 2. The molecule has 0 amide bonds. The van der Waals surface area contributed by atoms with Crippen LogP contribution in [-0.4, -0.2) is 49.3 Å². The van der Waals surface area contributed by atoms with Gasteiger partial charge in [0.15, 0.2) is 0 Å². The molecule has 1 aliphatic heterocycles. The van der Waals surface area contributed by atoms with E-state index in [1.54, 1.807) is 16.4 Å². The van der Waals surface area contributed by atoms with E-state index in [1.165, 1.54) is 0 Å². The van der Waals surface area contributed by atoms with Crippen LogP contribution < -0.4 is 0 Å². The molecule has 1 saturated heterocycles. The van der Waals surface area contributed by atoms with E-state index >= 15 is 0 Å². The van der Waals surface area contributed by atoms with Crippen molar-refractivity contribution < 1.29 is 8.42 Å². The molecule has 0 radical (unpaired) electrons. The number of piperazine rings is 1. The number of benzene rings is 1. The quantitative estimate of drug-likeness (QED) is 0.860. The zero-order valence-corrected chi connectivity index (χ0v) is 14.3. The van der Waals surface area contributed by atoms with E-state index in [0.717, 1.165) is 25.1 Å². The SMILES string of the molecule is CCc1ccc(S(=O)(=O)N2CCN(C(C)(C)C)CC2)cc1. The molecule has 0 bridgehead atoms. The lowest BCUT2D eigenvalue weighted by Gasteiger charge is -2.41. The van der Waals surface area contributed by atoms with Gasteiger partial charge in [-0.25, -0.2) is 8.42 Å². The molecule has 0 aliphatic carbocycles. The van der Waals surface area contributed by atoms with Gasteiger partial charge in [0.1, 0.15) is 0 Å². The number of hydrogen-bond donors (Lipinski definition) is 0. The first-order chi connectivity index (χ1) is 9.75. The minimum atomic E-state index is -3.35. The second-order valence-electron chi connectivity index (χ2n) is 6.56. The van der Waals surface area contributed by atoms with Crippen molar-refractivity contribution in [3.63, 3.8) is 0 Å². The Balaban J connectivity index is 2.11. The van der Waals surface area contributed by atoms with Crippen molar-refractivity contribution in [2.24, 2.45) is 0 Å². The fourth-order valence-electron chi connectivity index (χ4n) is 2.65. The normalized spacial score (nSPS) is 18.9. The molecule has 0 aromatic heterocycles. The fourth-order valence-corrected chi connectivity index (χ4v) is 4.07. The van der Waals surface area contributed by atoms with Gasteiger partial charge in [-0.15, -0.1) is 0 Å². The average Bonchev–Trinajstić information content (AvgIpc) is 2.46. The molecule has 0 unspecified atom stereocenters. The predicted molar refractivity (Wildman–Crippen MR) is 85.9 cm³/mol. The van der Waals surface area contributed by atoms with E-state index in [2.05, 4.69) is 32.6 Å². The lowest BCUT2D eigenvalue weighted by Crippen LogP contribution is -2.54. The summed E-state index contributed by atoms with van der Waals surface area (Å²) in [6.45, 7) is 11.3. The summed E-state index contributed by atoms with van der Waals surface area (Å²) in [6, 6.07) is 7.26. The minimum absolute atomic E-state index is 0.0959. The maximum Gasteiger partial charge on any atom is 0.243 e. The van der Waals surface area contributed by atoms with Gasteiger partial charge in [0.2, 0.25) is 10.0 Å². The molecule has 0 atom stereocenters. The third kappa shape index (κ3) is 3.65. The van der Waals surface area contributed by atoms with Crippen LogP contribution in [0, 0.1) is 0 Å². The number of rotatable bonds is 3. The molecule has 1 aromatic rings. The molecule has 2 rings (SSSR count). The first kappa shape index (κ1) is 16.5. The smallest absolute Gasteiger partial charge is 0.243 e. The van der Waals surface area contributed by atoms with Crippen LogP contribution in [0.2, 0.25) is 0 Å². The van der Waals surface area contributed by atoms with Crippen LogP contribution in [0.1, 0.15) is 33.3 Å². The Hall–Kier alpha value is -0.910. The first-order valence-electron chi connectivity index (χ1n) is 7.59. The van der Waals surface area contributed by atoms with E-state index in [1.807, 2.05) is 12.1 Å². The molecule has 0 saturated carbocycles. The molecule has 1 aromatic carbocycles. The summed E-state index contributed by atoms with van der Waals surface area (Å²) in [6.07, 6.45) is 0.921. The van der Waals surface area contributed by atoms with Gasteiger partial charge in [-0.2, -0.15) is 4.31 Å². The lowest BCUT2D eigenvalue weighted by molar-refractivity contribution is 0.0922. The minimum Gasteiger partial charge on any atom is -0.296 e. The summed E-state index contributed by atoms with van der Waals surface area (Å²) < 4.78 is 26.9. The third-order valence-electron chi connectivity index (χ3n) is 4.16. The van der Waals surface area contributed by atoms with Crippen LogP contribution in [0.15, 0.2) is 29.2 Å². The van der Waals surface area contributed by atoms with Gasteiger partial charge in [-0.1, -0.05) is 19.1 Å². The zero-order valence-electron chi connectivity index (χ0n) is 13.5. The van der Waals surface area contributed by atoms with Crippen molar-refractivity contribution in [2.45, 2.75) is 44.6 Å². The molecule has 1 heterocycles. The molecular formula is C16H26N2O2S. The number of aryl methyl sites for hydroxylation is 1. The first-order valence-corrected chi connectivity index (χ1v) is 9.03. The van der Waals surface area contributed by atoms with E-state index < -0.39 is 10.0 Å². The molecule has 5 heteroatoms. The van der Waals surface area contributed by atoms with Crippen LogP contribution in [-0.2, 0) is 16.4 Å². The van der Waals surface area contributed by atoms with Crippen molar-refractivity contribution in [3.8, 4) is 0 Å². The summed E-state index contributed by atoms with van der Waals surface area (Å²) in [7, 11) is -3.35. The highest BCUT2D eigenvalue weighted by Crippen LogP contribution is 2.21. The summed E-state index contributed by atoms with van der Waals surface area (Å²) in [5.74, 6) is 0. The molecule has 1 fully saturated rings. The maximum atomic E-state index is 12.7. The van der Waals surface area contributed by atoms with Crippen LogP contribution in [0.25, 0.3) is 0 Å². The highest BCUT2D eigenvalue weighted by molar-refractivity contribution is 7.89. The van der Waals surface area contributed by atoms with Gasteiger partial charge in [0, 0.05) is 31.7 Å². The summed E-state index contributed by atoms with van der Waals surface area (Å²) in [5.41, 5.74) is 1.25. The monoisotopic (exact) mass is 310 g/mol.